The summed E-state index contributed by atoms with van der Waals surface area (Å²) >= 11 is 0. The number of hydrogen-bond acceptors (Lipinski definition) is 3. The molecule has 1 aromatic carbocycles. The molecule has 1 aromatic rings. The summed E-state index contributed by atoms with van der Waals surface area (Å²) in [5.41, 5.74) is -0.684. The van der Waals surface area contributed by atoms with Crippen molar-refractivity contribution in [3.8, 4) is 0 Å². The minimum absolute atomic E-state index is 0.0276. The van der Waals surface area contributed by atoms with Crippen molar-refractivity contribution in [1.82, 2.24) is 9.80 Å². The monoisotopic (exact) mass is 411 g/mol. The molecule has 1 atom stereocenters. The fourth-order valence-corrected chi connectivity index (χ4v) is 3.74. The van der Waals surface area contributed by atoms with E-state index in [9.17, 15) is 27.6 Å². The molecule has 3 amide bonds. The number of nitrogens with zero attached hydrogens (tertiary/aromatic N) is 3. The van der Waals surface area contributed by atoms with Gasteiger partial charge in [-0.2, -0.15) is 13.2 Å². The topological polar surface area (TPSA) is 60.9 Å². The third-order valence-corrected chi connectivity index (χ3v) is 5.36. The number of amides is 3. The fourth-order valence-electron chi connectivity index (χ4n) is 3.74. The van der Waals surface area contributed by atoms with Crippen LogP contribution in [0.3, 0.4) is 0 Å². The first-order chi connectivity index (χ1) is 13.6. The molecule has 2 heterocycles. The van der Waals surface area contributed by atoms with E-state index in [4.69, 9.17) is 0 Å². The highest BCUT2D eigenvalue weighted by molar-refractivity contribution is 6.00. The van der Waals surface area contributed by atoms with E-state index in [1.54, 1.807) is 9.80 Å². The van der Waals surface area contributed by atoms with Gasteiger partial charge in [-0.05, 0) is 18.2 Å². The summed E-state index contributed by atoms with van der Waals surface area (Å²) < 4.78 is 38.8. The molecule has 2 aliphatic heterocycles. The molecule has 0 saturated carbocycles. The summed E-state index contributed by atoms with van der Waals surface area (Å²) in [7, 11) is 0. The van der Waals surface area contributed by atoms with Crippen LogP contribution in [0.25, 0.3) is 0 Å². The molecule has 9 heteroatoms. The number of alkyl halides is 3. The van der Waals surface area contributed by atoms with Crippen LogP contribution in [0.15, 0.2) is 24.3 Å². The van der Waals surface area contributed by atoms with Gasteiger partial charge in [0.05, 0.1) is 11.5 Å². The smallest absolute Gasteiger partial charge is 0.339 e. The fraction of sp³-hybridized carbons (Fsp3) is 0.550. The van der Waals surface area contributed by atoms with Crippen LogP contribution < -0.4 is 4.90 Å². The second-order valence-corrected chi connectivity index (χ2v) is 7.76. The lowest BCUT2D eigenvalue weighted by Gasteiger charge is -2.36. The van der Waals surface area contributed by atoms with Gasteiger partial charge in [0, 0.05) is 50.7 Å². The minimum Gasteiger partial charge on any atom is -0.339 e. The molecule has 0 aliphatic carbocycles. The van der Waals surface area contributed by atoms with Crippen molar-refractivity contribution in [3.63, 3.8) is 0 Å². The number of piperazine rings is 1. The van der Waals surface area contributed by atoms with Crippen molar-refractivity contribution in [1.29, 1.82) is 0 Å². The number of hydrogen-bond donors (Lipinski definition) is 0. The molecule has 1 unspecified atom stereocenters. The minimum atomic E-state index is -4.50. The molecule has 2 aliphatic rings. The highest BCUT2D eigenvalue weighted by atomic mass is 19.4. The largest absolute Gasteiger partial charge is 0.416 e. The van der Waals surface area contributed by atoms with Gasteiger partial charge < -0.3 is 14.7 Å². The first kappa shape index (κ1) is 21.1. The van der Waals surface area contributed by atoms with Crippen LogP contribution in [0.5, 0.6) is 0 Å². The van der Waals surface area contributed by atoms with Gasteiger partial charge in [-0.15, -0.1) is 0 Å². The van der Waals surface area contributed by atoms with E-state index in [1.165, 1.54) is 17.0 Å². The number of benzene rings is 1. The number of carbonyl (C=O) groups excluding carboxylic acids is 3. The Hall–Kier alpha value is -2.58. The van der Waals surface area contributed by atoms with Crippen LogP contribution in [0, 0.1) is 11.8 Å². The molecule has 0 radical (unpaired) electrons. The Morgan fingerprint density at radius 3 is 2.28 bits per heavy atom. The highest BCUT2D eigenvalue weighted by Crippen LogP contribution is 2.33. The molecular formula is C20H24F3N3O3. The molecule has 2 saturated heterocycles. The summed E-state index contributed by atoms with van der Waals surface area (Å²) in [6.07, 6.45) is -4.53. The van der Waals surface area contributed by atoms with E-state index in [2.05, 4.69) is 0 Å². The zero-order valence-corrected chi connectivity index (χ0v) is 16.4. The van der Waals surface area contributed by atoms with Crippen LogP contribution >= 0.6 is 0 Å². The van der Waals surface area contributed by atoms with E-state index in [0.29, 0.717) is 26.2 Å². The van der Waals surface area contributed by atoms with Gasteiger partial charge >= 0.3 is 6.18 Å². The van der Waals surface area contributed by atoms with Crippen LogP contribution in [-0.4, -0.2) is 60.2 Å². The van der Waals surface area contributed by atoms with E-state index >= 15 is 0 Å². The van der Waals surface area contributed by atoms with Gasteiger partial charge in [-0.3, -0.25) is 14.4 Å². The predicted octanol–water partition coefficient (Wildman–Crippen LogP) is 2.39. The highest BCUT2D eigenvalue weighted by Gasteiger charge is 2.39. The SMILES string of the molecule is CC(C)C(=O)N1CCN(C(=O)C2CC(=O)N(c3cccc(C(F)(F)F)c3)C2)CC1. The third-order valence-electron chi connectivity index (χ3n) is 5.36. The maximum atomic E-state index is 12.9. The number of halogens is 3. The molecular weight excluding hydrogens is 387 g/mol. The summed E-state index contributed by atoms with van der Waals surface area (Å²) in [5, 5.41) is 0. The second kappa shape index (κ2) is 8.04. The van der Waals surface area contributed by atoms with Gasteiger partial charge in [0.1, 0.15) is 0 Å². The zero-order valence-electron chi connectivity index (χ0n) is 16.4. The average molecular weight is 411 g/mol. The first-order valence-corrected chi connectivity index (χ1v) is 9.63. The third kappa shape index (κ3) is 4.54. The molecule has 0 bridgehead atoms. The van der Waals surface area contributed by atoms with Gasteiger partial charge in [-0.25, -0.2) is 0 Å². The van der Waals surface area contributed by atoms with Crippen molar-refractivity contribution in [3.05, 3.63) is 29.8 Å². The van der Waals surface area contributed by atoms with Crippen molar-refractivity contribution in [2.24, 2.45) is 11.8 Å². The molecule has 3 rings (SSSR count). The van der Waals surface area contributed by atoms with Crippen LogP contribution in [0.4, 0.5) is 18.9 Å². The molecule has 0 spiro atoms. The quantitative estimate of drug-likeness (QED) is 0.768. The Morgan fingerprint density at radius 1 is 1.07 bits per heavy atom. The summed E-state index contributed by atoms with van der Waals surface area (Å²) in [6.45, 7) is 5.39. The Balaban J connectivity index is 1.64. The average Bonchev–Trinajstić information content (AvgIpc) is 3.08. The molecule has 0 N–H and O–H groups in total. The van der Waals surface area contributed by atoms with Crippen molar-refractivity contribution in [2.75, 3.05) is 37.6 Å². The molecule has 158 valence electrons. The Kier molecular flexibility index (Phi) is 5.86. The van der Waals surface area contributed by atoms with Gasteiger partial charge in [-0.1, -0.05) is 19.9 Å². The van der Waals surface area contributed by atoms with Crippen LogP contribution in [0.1, 0.15) is 25.8 Å². The molecule has 6 nitrogen and oxygen atoms in total. The molecule has 29 heavy (non-hydrogen) atoms. The van der Waals surface area contributed by atoms with E-state index < -0.39 is 17.7 Å². The maximum Gasteiger partial charge on any atom is 0.416 e. The van der Waals surface area contributed by atoms with Crippen molar-refractivity contribution < 1.29 is 27.6 Å². The maximum absolute atomic E-state index is 12.9. The lowest BCUT2D eigenvalue weighted by Crippen LogP contribution is -2.53. The normalized spacial score (nSPS) is 20.6. The summed E-state index contributed by atoms with van der Waals surface area (Å²) in [6, 6.07) is 4.58. The lowest BCUT2D eigenvalue weighted by molar-refractivity contribution is -0.143. The summed E-state index contributed by atoms with van der Waals surface area (Å²) in [5.74, 6) is -1.21. The van der Waals surface area contributed by atoms with Crippen molar-refractivity contribution >= 4 is 23.4 Å². The number of carbonyl (C=O) groups is 3. The Bertz CT molecular complexity index is 802. The second-order valence-electron chi connectivity index (χ2n) is 7.76. The van der Waals surface area contributed by atoms with E-state index in [-0.39, 0.29) is 42.3 Å². The standard InChI is InChI=1S/C20H24F3N3O3/c1-13(2)18(28)24-6-8-25(9-7-24)19(29)14-10-17(27)26(12-14)16-5-3-4-15(11-16)20(21,22)23/h3-5,11,13-14H,6-10,12H2,1-2H3. The van der Waals surface area contributed by atoms with Gasteiger partial charge in [0.2, 0.25) is 17.7 Å². The van der Waals surface area contributed by atoms with Crippen molar-refractivity contribution in [2.45, 2.75) is 26.4 Å². The predicted molar refractivity (Wildman–Crippen MR) is 99.9 cm³/mol. The zero-order chi connectivity index (χ0) is 21.3. The van der Waals surface area contributed by atoms with Crippen LogP contribution in [-0.2, 0) is 20.6 Å². The Morgan fingerprint density at radius 2 is 1.69 bits per heavy atom. The van der Waals surface area contributed by atoms with E-state index in [1.807, 2.05) is 13.8 Å². The van der Waals surface area contributed by atoms with Gasteiger partial charge in [0.15, 0.2) is 0 Å². The molecule has 2 fully saturated rings. The molecule has 0 aromatic heterocycles. The van der Waals surface area contributed by atoms with E-state index in [0.717, 1.165) is 12.1 Å². The first-order valence-electron chi connectivity index (χ1n) is 9.63. The van der Waals surface area contributed by atoms with Gasteiger partial charge in [0.25, 0.3) is 0 Å². The lowest BCUT2D eigenvalue weighted by atomic mass is 10.1. The number of anilines is 1. The summed E-state index contributed by atoms with van der Waals surface area (Å²) in [4.78, 5) is 41.9. The van der Waals surface area contributed by atoms with Crippen LogP contribution in [0.2, 0.25) is 0 Å². The number of rotatable bonds is 3. The Labute approximate surface area is 167 Å².